The van der Waals surface area contributed by atoms with Gasteiger partial charge in [-0.1, -0.05) is 15.9 Å². The smallest absolute Gasteiger partial charge is 0.248 e. The first-order chi connectivity index (χ1) is 10.8. The van der Waals surface area contributed by atoms with Crippen molar-refractivity contribution in [2.24, 2.45) is 0 Å². The minimum Gasteiger partial charge on any atom is -0.272 e. The van der Waals surface area contributed by atoms with Gasteiger partial charge in [0.15, 0.2) is 0 Å². The molecule has 5 nitrogen and oxygen atoms in total. The molecule has 1 aromatic heterocycles. The number of carbonyl (C=O) groups excluding carboxylic acids is 1. The summed E-state index contributed by atoms with van der Waals surface area (Å²) in [5.74, 6) is 0.592. The van der Waals surface area contributed by atoms with Crippen LogP contribution in [-0.4, -0.2) is 21.6 Å². The zero-order valence-electron chi connectivity index (χ0n) is 13.5. The second-order valence-electron chi connectivity index (χ2n) is 5.30. The van der Waals surface area contributed by atoms with E-state index in [9.17, 15) is 4.79 Å². The zero-order valence-corrected chi connectivity index (χ0v) is 15.9. The molecule has 1 amide bonds. The molecule has 0 fully saturated rings. The van der Waals surface area contributed by atoms with Crippen LogP contribution in [0.2, 0.25) is 0 Å². The van der Waals surface area contributed by atoms with Gasteiger partial charge in [0.05, 0.1) is 5.75 Å². The Hall–Kier alpha value is -1.60. The van der Waals surface area contributed by atoms with Crippen LogP contribution >= 0.6 is 27.7 Å². The summed E-state index contributed by atoms with van der Waals surface area (Å²) in [5, 5.41) is 0. The van der Waals surface area contributed by atoms with Crippen molar-refractivity contribution >= 4 is 39.5 Å². The average Bonchev–Trinajstić information content (AvgIpc) is 2.46. The Bertz CT molecular complexity index is 716. The van der Waals surface area contributed by atoms with E-state index in [1.54, 1.807) is 0 Å². The molecule has 0 aliphatic carbocycles. The molecule has 0 bridgehead atoms. The van der Waals surface area contributed by atoms with Crippen LogP contribution in [0.1, 0.15) is 22.5 Å². The molecule has 2 N–H and O–H groups in total. The third-order valence-electron chi connectivity index (χ3n) is 3.11. The van der Waals surface area contributed by atoms with Gasteiger partial charge in [0.1, 0.15) is 0 Å². The van der Waals surface area contributed by atoms with Gasteiger partial charge in [-0.25, -0.2) is 9.97 Å². The summed E-state index contributed by atoms with van der Waals surface area (Å²) in [7, 11) is 0. The standard InChI is InChI=1S/C16H19BrN4OS/c1-9-6-14(10(2)5-13(9)17)23-8-15(22)20-21-16-18-11(3)7-12(4)19-16/h5-7H,8H2,1-4H3,(H,20,22)(H,18,19,21). The summed E-state index contributed by atoms with van der Waals surface area (Å²) in [5.41, 5.74) is 9.38. The minimum absolute atomic E-state index is 0.127. The van der Waals surface area contributed by atoms with Crippen molar-refractivity contribution in [2.45, 2.75) is 32.6 Å². The fraction of sp³-hybridized carbons (Fsp3) is 0.312. The molecular weight excluding hydrogens is 376 g/mol. The Labute approximate surface area is 148 Å². The topological polar surface area (TPSA) is 66.9 Å². The molecule has 23 heavy (non-hydrogen) atoms. The zero-order chi connectivity index (χ0) is 17.0. The monoisotopic (exact) mass is 394 g/mol. The van der Waals surface area contributed by atoms with E-state index in [1.165, 1.54) is 11.8 Å². The van der Waals surface area contributed by atoms with Gasteiger partial charge in [0.25, 0.3) is 0 Å². The number of anilines is 1. The summed E-state index contributed by atoms with van der Waals surface area (Å²) >= 11 is 5.02. The third-order valence-corrected chi connectivity index (χ3v) is 5.12. The van der Waals surface area contributed by atoms with E-state index in [0.717, 1.165) is 31.9 Å². The molecule has 0 saturated heterocycles. The number of carbonyl (C=O) groups is 1. The van der Waals surface area contributed by atoms with Gasteiger partial charge in [-0.3, -0.25) is 15.6 Å². The lowest BCUT2D eigenvalue weighted by molar-refractivity contribution is -0.118. The normalized spacial score (nSPS) is 10.5. The number of aryl methyl sites for hydroxylation is 4. The molecule has 1 heterocycles. The van der Waals surface area contributed by atoms with Gasteiger partial charge in [-0.2, -0.15) is 0 Å². The van der Waals surface area contributed by atoms with Gasteiger partial charge in [-0.15, -0.1) is 11.8 Å². The maximum absolute atomic E-state index is 12.0. The van der Waals surface area contributed by atoms with E-state index in [-0.39, 0.29) is 5.91 Å². The van der Waals surface area contributed by atoms with Crippen LogP contribution in [0.4, 0.5) is 5.95 Å². The fourth-order valence-electron chi connectivity index (χ4n) is 2.00. The first-order valence-corrected chi connectivity index (χ1v) is 8.89. The van der Waals surface area contributed by atoms with Gasteiger partial charge in [-0.05, 0) is 57.0 Å². The Morgan fingerprint density at radius 3 is 2.39 bits per heavy atom. The van der Waals surface area contributed by atoms with Gasteiger partial charge < -0.3 is 0 Å². The molecule has 0 atom stereocenters. The second-order valence-corrected chi connectivity index (χ2v) is 7.17. The highest BCUT2D eigenvalue weighted by atomic mass is 79.9. The number of nitrogens with one attached hydrogen (secondary N) is 2. The summed E-state index contributed by atoms with van der Waals surface area (Å²) in [6.45, 7) is 7.84. The van der Waals surface area contributed by atoms with Gasteiger partial charge in [0, 0.05) is 20.8 Å². The van der Waals surface area contributed by atoms with Crippen molar-refractivity contribution in [2.75, 3.05) is 11.2 Å². The molecule has 0 aliphatic heterocycles. The number of benzene rings is 1. The number of hydrazine groups is 1. The van der Waals surface area contributed by atoms with Crippen molar-refractivity contribution in [1.82, 2.24) is 15.4 Å². The van der Waals surface area contributed by atoms with E-state index in [4.69, 9.17) is 0 Å². The molecular formula is C16H19BrN4OS. The maximum atomic E-state index is 12.0. The van der Waals surface area contributed by atoms with Crippen molar-refractivity contribution < 1.29 is 4.79 Å². The van der Waals surface area contributed by atoms with Crippen molar-refractivity contribution in [3.05, 3.63) is 45.2 Å². The highest BCUT2D eigenvalue weighted by Gasteiger charge is 2.08. The van der Waals surface area contributed by atoms with Crippen LogP contribution < -0.4 is 10.9 Å². The SMILES string of the molecule is Cc1cc(C)nc(NNC(=O)CSc2cc(C)c(Br)cc2C)n1. The van der Waals surface area contributed by atoms with Crippen LogP contribution in [-0.2, 0) is 4.79 Å². The molecule has 7 heteroatoms. The van der Waals surface area contributed by atoms with Crippen LogP contribution in [0.5, 0.6) is 0 Å². The highest BCUT2D eigenvalue weighted by molar-refractivity contribution is 9.10. The van der Waals surface area contributed by atoms with E-state index in [2.05, 4.69) is 48.9 Å². The number of amides is 1. The minimum atomic E-state index is -0.127. The lowest BCUT2D eigenvalue weighted by Gasteiger charge is -2.10. The Balaban J connectivity index is 1.89. The third kappa shape index (κ3) is 5.21. The van der Waals surface area contributed by atoms with Crippen molar-refractivity contribution in [3.63, 3.8) is 0 Å². The first kappa shape index (κ1) is 17.7. The molecule has 1 aromatic carbocycles. The summed E-state index contributed by atoms with van der Waals surface area (Å²) in [4.78, 5) is 21.5. The van der Waals surface area contributed by atoms with Gasteiger partial charge >= 0.3 is 0 Å². The van der Waals surface area contributed by atoms with E-state index in [0.29, 0.717) is 11.7 Å². The first-order valence-electron chi connectivity index (χ1n) is 7.12. The molecule has 122 valence electrons. The predicted molar refractivity (Wildman–Crippen MR) is 97.6 cm³/mol. The molecule has 0 radical (unpaired) electrons. The van der Waals surface area contributed by atoms with Crippen molar-refractivity contribution in [1.29, 1.82) is 0 Å². The molecule has 0 aliphatic rings. The van der Waals surface area contributed by atoms with E-state index < -0.39 is 0 Å². The van der Waals surface area contributed by atoms with E-state index in [1.807, 2.05) is 33.8 Å². The highest BCUT2D eigenvalue weighted by Crippen LogP contribution is 2.28. The number of hydrogen-bond donors (Lipinski definition) is 2. The predicted octanol–water partition coefficient (Wildman–Crippen LogP) is 3.71. The Kier molecular flexibility index (Phi) is 6.01. The maximum Gasteiger partial charge on any atom is 0.248 e. The summed E-state index contributed by atoms with van der Waals surface area (Å²) < 4.78 is 1.08. The summed E-state index contributed by atoms with van der Waals surface area (Å²) in [6.07, 6.45) is 0. The quantitative estimate of drug-likeness (QED) is 0.597. The molecule has 0 spiro atoms. The number of halogens is 1. The number of thioether (sulfide) groups is 1. The number of rotatable bonds is 5. The number of hydrogen-bond acceptors (Lipinski definition) is 5. The Morgan fingerprint density at radius 1 is 1.09 bits per heavy atom. The van der Waals surface area contributed by atoms with Crippen LogP contribution in [0.3, 0.4) is 0 Å². The molecule has 2 rings (SSSR count). The number of nitrogens with zero attached hydrogens (tertiary/aromatic N) is 2. The summed E-state index contributed by atoms with van der Waals surface area (Å²) in [6, 6.07) is 6.02. The van der Waals surface area contributed by atoms with Crippen LogP contribution in [0.25, 0.3) is 0 Å². The lowest BCUT2D eigenvalue weighted by atomic mass is 10.2. The molecule has 0 unspecified atom stereocenters. The van der Waals surface area contributed by atoms with Gasteiger partial charge in [0.2, 0.25) is 11.9 Å². The Morgan fingerprint density at radius 2 is 1.74 bits per heavy atom. The average molecular weight is 395 g/mol. The van der Waals surface area contributed by atoms with Crippen LogP contribution in [0, 0.1) is 27.7 Å². The van der Waals surface area contributed by atoms with E-state index >= 15 is 0 Å². The second kappa shape index (κ2) is 7.79. The lowest BCUT2D eigenvalue weighted by Crippen LogP contribution is -2.31. The molecule has 2 aromatic rings. The molecule has 0 saturated carbocycles. The number of aromatic nitrogens is 2. The van der Waals surface area contributed by atoms with Crippen molar-refractivity contribution in [3.8, 4) is 0 Å². The fourth-order valence-corrected chi connectivity index (χ4v) is 3.36. The largest absolute Gasteiger partial charge is 0.272 e. The van der Waals surface area contributed by atoms with Crippen LogP contribution in [0.15, 0.2) is 27.6 Å².